The molecule has 2 nitrogen and oxygen atoms in total. The molecule has 0 aliphatic carbocycles. The van der Waals surface area contributed by atoms with Gasteiger partial charge in [-0.3, -0.25) is 0 Å². The van der Waals surface area contributed by atoms with Crippen LogP contribution in [0.5, 0.6) is 0 Å². The summed E-state index contributed by atoms with van der Waals surface area (Å²) in [6.45, 7) is 4.32. The third-order valence-electron chi connectivity index (χ3n) is 6.27. The molecule has 1 aromatic carbocycles. The standard InChI is InChI=1S/C25H41F3O2/c1-5-7-8-9-10-13-16-21(25(6-2,29-3)30-4)17-14-11-12-15-20-18-22(26)24(28)23(27)19-20/h18-19,21H,5-17H2,1-4H3. The number of unbranched alkanes of at least 4 members (excludes halogenated alkanes) is 7. The molecular weight excluding hydrogens is 389 g/mol. The van der Waals surface area contributed by atoms with E-state index in [4.69, 9.17) is 9.47 Å². The Morgan fingerprint density at radius 2 is 1.27 bits per heavy atom. The zero-order valence-corrected chi connectivity index (χ0v) is 19.4. The van der Waals surface area contributed by atoms with Crippen molar-refractivity contribution in [1.29, 1.82) is 0 Å². The monoisotopic (exact) mass is 430 g/mol. The molecule has 0 bridgehead atoms. The Kier molecular flexibility index (Phi) is 13.3. The lowest BCUT2D eigenvalue weighted by Gasteiger charge is -2.38. The third-order valence-corrected chi connectivity index (χ3v) is 6.27. The van der Waals surface area contributed by atoms with Crippen molar-refractivity contribution in [3.05, 3.63) is 35.1 Å². The average Bonchev–Trinajstić information content (AvgIpc) is 2.75. The lowest BCUT2D eigenvalue weighted by Crippen LogP contribution is -2.41. The van der Waals surface area contributed by atoms with Crippen LogP contribution in [0.25, 0.3) is 0 Å². The van der Waals surface area contributed by atoms with Crippen LogP contribution >= 0.6 is 0 Å². The fourth-order valence-electron chi connectivity index (χ4n) is 4.40. The minimum atomic E-state index is -1.40. The number of ether oxygens (including phenoxy) is 2. The van der Waals surface area contributed by atoms with Crippen molar-refractivity contribution in [3.8, 4) is 0 Å². The van der Waals surface area contributed by atoms with Crippen LogP contribution in [0.3, 0.4) is 0 Å². The number of aryl methyl sites for hydroxylation is 1. The van der Waals surface area contributed by atoms with E-state index in [-0.39, 0.29) is 0 Å². The van der Waals surface area contributed by atoms with Crippen molar-refractivity contribution in [2.75, 3.05) is 14.2 Å². The highest BCUT2D eigenvalue weighted by Gasteiger charge is 2.36. The number of hydrogen-bond acceptors (Lipinski definition) is 2. The molecule has 1 rings (SSSR count). The van der Waals surface area contributed by atoms with E-state index in [0.29, 0.717) is 17.9 Å². The normalized spacial score (nSPS) is 13.0. The Bertz CT molecular complexity index is 556. The van der Waals surface area contributed by atoms with Gasteiger partial charge in [0.1, 0.15) is 0 Å². The van der Waals surface area contributed by atoms with Gasteiger partial charge in [-0.25, -0.2) is 13.2 Å². The second-order valence-electron chi connectivity index (χ2n) is 8.30. The van der Waals surface area contributed by atoms with Crippen LogP contribution in [0.1, 0.15) is 96.5 Å². The van der Waals surface area contributed by atoms with Crippen molar-refractivity contribution < 1.29 is 22.6 Å². The van der Waals surface area contributed by atoms with Crippen molar-refractivity contribution in [1.82, 2.24) is 0 Å². The molecule has 0 heterocycles. The highest BCUT2D eigenvalue weighted by molar-refractivity contribution is 5.19. The zero-order valence-electron chi connectivity index (χ0n) is 19.4. The molecule has 0 saturated carbocycles. The van der Waals surface area contributed by atoms with Crippen LogP contribution in [0.4, 0.5) is 13.2 Å². The van der Waals surface area contributed by atoms with Crippen LogP contribution in [-0.2, 0) is 15.9 Å². The minimum absolute atomic E-state index is 0.324. The Morgan fingerprint density at radius 1 is 0.767 bits per heavy atom. The molecule has 0 N–H and O–H groups in total. The van der Waals surface area contributed by atoms with Crippen molar-refractivity contribution in [3.63, 3.8) is 0 Å². The quantitative estimate of drug-likeness (QED) is 0.142. The molecule has 1 atom stereocenters. The zero-order chi connectivity index (χ0) is 22.4. The summed E-state index contributed by atoms with van der Waals surface area (Å²) in [7, 11) is 3.44. The topological polar surface area (TPSA) is 18.5 Å². The van der Waals surface area contributed by atoms with Gasteiger partial charge in [-0.1, -0.05) is 65.2 Å². The first-order chi connectivity index (χ1) is 14.4. The molecular formula is C25H41F3O2. The molecule has 5 heteroatoms. The van der Waals surface area contributed by atoms with Gasteiger partial charge in [0.15, 0.2) is 23.2 Å². The van der Waals surface area contributed by atoms with Gasteiger partial charge in [0, 0.05) is 20.1 Å². The summed E-state index contributed by atoms with van der Waals surface area (Å²) in [5.41, 5.74) is 0.506. The molecule has 0 aliphatic rings. The Hall–Kier alpha value is -1.07. The van der Waals surface area contributed by atoms with Crippen LogP contribution in [0.2, 0.25) is 0 Å². The summed E-state index contributed by atoms with van der Waals surface area (Å²) < 4.78 is 51.4. The van der Waals surface area contributed by atoms with E-state index < -0.39 is 23.2 Å². The van der Waals surface area contributed by atoms with E-state index in [1.807, 2.05) is 0 Å². The van der Waals surface area contributed by atoms with Crippen molar-refractivity contribution in [2.24, 2.45) is 5.92 Å². The predicted octanol–water partition coefficient (Wildman–Crippen LogP) is 7.97. The maximum atomic E-state index is 13.3. The fraction of sp³-hybridized carbons (Fsp3) is 0.760. The van der Waals surface area contributed by atoms with E-state index in [0.717, 1.165) is 50.7 Å². The van der Waals surface area contributed by atoms with Crippen molar-refractivity contribution in [2.45, 2.75) is 103 Å². The maximum Gasteiger partial charge on any atom is 0.194 e. The van der Waals surface area contributed by atoms with Gasteiger partial charge in [0.05, 0.1) is 0 Å². The number of rotatable bonds is 17. The van der Waals surface area contributed by atoms with Gasteiger partial charge in [-0.15, -0.1) is 0 Å². The maximum absolute atomic E-state index is 13.3. The van der Waals surface area contributed by atoms with Gasteiger partial charge in [0.2, 0.25) is 0 Å². The highest BCUT2D eigenvalue weighted by Crippen LogP contribution is 2.34. The van der Waals surface area contributed by atoms with Gasteiger partial charge in [-0.2, -0.15) is 0 Å². The van der Waals surface area contributed by atoms with Gasteiger partial charge < -0.3 is 9.47 Å². The fourth-order valence-corrected chi connectivity index (χ4v) is 4.40. The van der Waals surface area contributed by atoms with Crippen LogP contribution in [0.15, 0.2) is 12.1 Å². The largest absolute Gasteiger partial charge is 0.353 e. The first kappa shape index (κ1) is 27.0. The molecule has 0 aliphatic heterocycles. The molecule has 30 heavy (non-hydrogen) atoms. The first-order valence-corrected chi connectivity index (χ1v) is 11.7. The van der Waals surface area contributed by atoms with Crippen LogP contribution in [0, 0.1) is 23.4 Å². The van der Waals surface area contributed by atoms with Gasteiger partial charge >= 0.3 is 0 Å². The van der Waals surface area contributed by atoms with E-state index in [2.05, 4.69) is 13.8 Å². The molecule has 0 amide bonds. The first-order valence-electron chi connectivity index (χ1n) is 11.7. The molecule has 0 aromatic heterocycles. The summed E-state index contributed by atoms with van der Waals surface area (Å²) >= 11 is 0. The summed E-state index contributed by atoms with van der Waals surface area (Å²) in [4.78, 5) is 0. The summed E-state index contributed by atoms with van der Waals surface area (Å²) in [5, 5.41) is 0. The molecule has 0 fully saturated rings. The number of hydrogen-bond donors (Lipinski definition) is 0. The number of methoxy groups -OCH3 is 2. The third kappa shape index (κ3) is 8.58. The summed E-state index contributed by atoms with van der Waals surface area (Å²) in [6, 6.07) is 2.19. The molecule has 1 aromatic rings. The lowest BCUT2D eigenvalue weighted by atomic mass is 9.85. The lowest BCUT2D eigenvalue weighted by molar-refractivity contribution is -0.244. The summed E-state index contributed by atoms with van der Waals surface area (Å²) in [6.07, 6.45) is 13.7. The SMILES string of the molecule is CCCCCCCCC(CCCCCc1cc(F)c(F)c(F)c1)C(CC)(OC)OC. The minimum Gasteiger partial charge on any atom is -0.353 e. The van der Waals surface area contributed by atoms with E-state index in [9.17, 15) is 13.2 Å². The molecule has 1 unspecified atom stereocenters. The Morgan fingerprint density at radius 3 is 1.77 bits per heavy atom. The highest BCUT2D eigenvalue weighted by atomic mass is 19.2. The predicted molar refractivity (Wildman–Crippen MR) is 117 cm³/mol. The number of benzene rings is 1. The average molecular weight is 431 g/mol. The second-order valence-corrected chi connectivity index (χ2v) is 8.30. The van der Waals surface area contributed by atoms with Crippen LogP contribution < -0.4 is 0 Å². The van der Waals surface area contributed by atoms with Crippen molar-refractivity contribution >= 4 is 0 Å². The second kappa shape index (κ2) is 14.9. The summed E-state index contributed by atoms with van der Waals surface area (Å²) in [5.74, 6) is -3.85. The molecule has 0 saturated heterocycles. The van der Waals surface area contributed by atoms with E-state index in [1.165, 1.54) is 38.5 Å². The molecule has 0 radical (unpaired) electrons. The van der Waals surface area contributed by atoms with Gasteiger partial charge in [0.25, 0.3) is 0 Å². The molecule has 174 valence electrons. The van der Waals surface area contributed by atoms with Gasteiger partial charge in [-0.05, 0) is 49.8 Å². The molecule has 0 spiro atoms. The Labute approximate surface area is 181 Å². The number of halogens is 3. The van der Waals surface area contributed by atoms with E-state index in [1.54, 1.807) is 14.2 Å². The van der Waals surface area contributed by atoms with E-state index >= 15 is 0 Å². The van der Waals surface area contributed by atoms with Crippen LogP contribution in [-0.4, -0.2) is 20.0 Å². The smallest absolute Gasteiger partial charge is 0.194 e. The Balaban J connectivity index is 2.50.